The Labute approximate surface area is 73.9 Å². The fourth-order valence-corrected chi connectivity index (χ4v) is 2.46. The molecule has 2 bridgehead atoms. The summed E-state index contributed by atoms with van der Waals surface area (Å²) in [7, 11) is 1.70. The standard InChI is InChI=1S/C9H13BNO/c1-7-4-8-2-3-9(5-7)11(8)10-6-12/h6,8-9H,1-5H2. The summed E-state index contributed by atoms with van der Waals surface area (Å²) in [6.45, 7) is 4.02. The van der Waals surface area contributed by atoms with Gasteiger partial charge in [0.15, 0.2) is 0 Å². The van der Waals surface area contributed by atoms with Crippen LogP contribution in [0.2, 0.25) is 0 Å². The smallest absolute Gasteiger partial charge is 0.293 e. The molecule has 12 heavy (non-hydrogen) atoms. The lowest BCUT2D eigenvalue weighted by Gasteiger charge is -2.34. The van der Waals surface area contributed by atoms with Crippen LogP contribution in [0.3, 0.4) is 0 Å². The number of fused-ring (bicyclic) bond motifs is 2. The Morgan fingerprint density at radius 2 is 2.00 bits per heavy atom. The van der Waals surface area contributed by atoms with Crippen molar-refractivity contribution >= 4 is 13.6 Å². The number of carbonyl (C=O) groups is 1. The van der Waals surface area contributed by atoms with Crippen LogP contribution < -0.4 is 0 Å². The summed E-state index contributed by atoms with van der Waals surface area (Å²) in [6.07, 6.45) is 5.53. The average Bonchev–Trinajstić information content (AvgIpc) is 2.32. The number of hydrogen-bond donors (Lipinski definition) is 0. The Bertz CT molecular complexity index is 201. The first-order chi connectivity index (χ1) is 5.81. The lowest BCUT2D eigenvalue weighted by atomic mass is 9.85. The molecule has 63 valence electrons. The molecule has 0 aromatic rings. The molecule has 0 amide bonds. The average molecular weight is 162 g/mol. The Morgan fingerprint density at radius 1 is 1.42 bits per heavy atom. The monoisotopic (exact) mass is 162 g/mol. The molecule has 2 fully saturated rings. The van der Waals surface area contributed by atoms with E-state index in [2.05, 4.69) is 11.4 Å². The zero-order valence-electron chi connectivity index (χ0n) is 7.20. The second kappa shape index (κ2) is 3.06. The molecule has 3 heteroatoms. The van der Waals surface area contributed by atoms with Crippen molar-refractivity contribution in [2.75, 3.05) is 0 Å². The van der Waals surface area contributed by atoms with Crippen LogP contribution >= 0.6 is 0 Å². The second-order valence-corrected chi connectivity index (χ2v) is 3.78. The molecule has 2 atom stereocenters. The van der Waals surface area contributed by atoms with E-state index in [1.165, 1.54) is 18.4 Å². The number of piperidine rings is 1. The molecule has 2 aliphatic heterocycles. The largest absolute Gasteiger partial charge is 0.334 e. The van der Waals surface area contributed by atoms with E-state index in [9.17, 15) is 4.79 Å². The van der Waals surface area contributed by atoms with E-state index in [0.29, 0.717) is 12.1 Å². The van der Waals surface area contributed by atoms with Crippen LogP contribution in [0.15, 0.2) is 12.2 Å². The first kappa shape index (κ1) is 8.05. The molecule has 2 aliphatic rings. The molecule has 2 rings (SSSR count). The van der Waals surface area contributed by atoms with Gasteiger partial charge in [0.1, 0.15) is 0 Å². The highest BCUT2D eigenvalue weighted by atomic mass is 16.1. The van der Waals surface area contributed by atoms with Gasteiger partial charge in [0.25, 0.3) is 7.41 Å². The van der Waals surface area contributed by atoms with Crippen molar-refractivity contribution in [1.82, 2.24) is 4.81 Å². The molecule has 0 aromatic carbocycles. The normalized spacial score (nSPS) is 35.2. The second-order valence-electron chi connectivity index (χ2n) is 3.78. The van der Waals surface area contributed by atoms with Crippen molar-refractivity contribution in [1.29, 1.82) is 0 Å². The summed E-state index contributed by atoms with van der Waals surface area (Å²) in [6, 6.07) is 1.14. The van der Waals surface area contributed by atoms with Gasteiger partial charge in [0.05, 0.1) is 6.19 Å². The highest BCUT2D eigenvalue weighted by Gasteiger charge is 2.37. The zero-order chi connectivity index (χ0) is 8.55. The first-order valence-corrected chi connectivity index (χ1v) is 4.54. The summed E-state index contributed by atoms with van der Waals surface area (Å²) < 4.78 is 0. The Balaban J connectivity index is 2.08. The Morgan fingerprint density at radius 3 is 2.50 bits per heavy atom. The number of nitrogens with zero attached hydrogens (tertiary/aromatic N) is 1. The van der Waals surface area contributed by atoms with E-state index in [4.69, 9.17) is 0 Å². The lowest BCUT2D eigenvalue weighted by molar-refractivity contribution is 0.296. The van der Waals surface area contributed by atoms with Gasteiger partial charge in [0.2, 0.25) is 0 Å². The highest BCUT2D eigenvalue weighted by Crippen LogP contribution is 2.36. The predicted octanol–water partition coefficient (Wildman–Crippen LogP) is 0.979. The van der Waals surface area contributed by atoms with Gasteiger partial charge in [-0.3, -0.25) is 0 Å². The summed E-state index contributed by atoms with van der Waals surface area (Å²) in [5.74, 6) is 0. The highest BCUT2D eigenvalue weighted by molar-refractivity contribution is 6.64. The van der Waals surface area contributed by atoms with E-state index < -0.39 is 0 Å². The summed E-state index contributed by atoms with van der Waals surface area (Å²) in [5, 5.41) is 0. The van der Waals surface area contributed by atoms with Gasteiger partial charge in [-0.15, -0.1) is 0 Å². The Hall–Kier alpha value is -0.565. The maximum absolute atomic E-state index is 10.4. The molecule has 1 radical (unpaired) electrons. The van der Waals surface area contributed by atoms with E-state index >= 15 is 0 Å². The fraction of sp³-hybridized carbons (Fsp3) is 0.667. The fourth-order valence-electron chi connectivity index (χ4n) is 2.46. The van der Waals surface area contributed by atoms with Crippen molar-refractivity contribution in [2.24, 2.45) is 0 Å². The zero-order valence-corrected chi connectivity index (χ0v) is 7.20. The molecular formula is C9H13BNO. The van der Waals surface area contributed by atoms with Crippen LogP contribution in [0.25, 0.3) is 0 Å². The van der Waals surface area contributed by atoms with Crippen molar-refractivity contribution in [3.05, 3.63) is 12.2 Å². The van der Waals surface area contributed by atoms with E-state index in [-0.39, 0.29) is 0 Å². The summed E-state index contributed by atoms with van der Waals surface area (Å²) >= 11 is 0. The van der Waals surface area contributed by atoms with Gasteiger partial charge in [-0.05, 0) is 25.7 Å². The van der Waals surface area contributed by atoms with Crippen molar-refractivity contribution in [3.63, 3.8) is 0 Å². The van der Waals surface area contributed by atoms with Crippen LogP contribution in [-0.2, 0) is 4.79 Å². The maximum Gasteiger partial charge on any atom is 0.293 e. The van der Waals surface area contributed by atoms with Crippen LogP contribution in [0.1, 0.15) is 25.7 Å². The van der Waals surface area contributed by atoms with Gasteiger partial charge in [-0.2, -0.15) is 0 Å². The third-order valence-corrected chi connectivity index (χ3v) is 2.96. The third-order valence-electron chi connectivity index (χ3n) is 2.96. The molecule has 0 saturated carbocycles. The van der Waals surface area contributed by atoms with Crippen LogP contribution in [0, 0.1) is 0 Å². The minimum Gasteiger partial charge on any atom is -0.334 e. The molecule has 0 spiro atoms. The topological polar surface area (TPSA) is 20.3 Å². The van der Waals surface area contributed by atoms with Gasteiger partial charge >= 0.3 is 0 Å². The Kier molecular flexibility index (Phi) is 2.05. The van der Waals surface area contributed by atoms with Crippen LogP contribution in [-0.4, -0.2) is 30.5 Å². The molecule has 2 nitrogen and oxygen atoms in total. The van der Waals surface area contributed by atoms with Gasteiger partial charge in [-0.1, -0.05) is 12.2 Å². The first-order valence-electron chi connectivity index (χ1n) is 4.54. The third kappa shape index (κ3) is 1.22. The van der Waals surface area contributed by atoms with E-state index in [1.54, 1.807) is 7.41 Å². The lowest BCUT2D eigenvalue weighted by Crippen LogP contribution is -2.43. The van der Waals surface area contributed by atoms with E-state index in [1.807, 2.05) is 0 Å². The van der Waals surface area contributed by atoms with Crippen LogP contribution in [0.4, 0.5) is 0 Å². The van der Waals surface area contributed by atoms with Gasteiger partial charge in [0, 0.05) is 12.1 Å². The van der Waals surface area contributed by atoms with Gasteiger partial charge in [-0.25, -0.2) is 0 Å². The molecule has 2 unspecified atom stereocenters. The number of rotatable bonds is 2. The van der Waals surface area contributed by atoms with Crippen molar-refractivity contribution in [3.8, 4) is 0 Å². The van der Waals surface area contributed by atoms with Crippen LogP contribution in [0.5, 0.6) is 0 Å². The molecule has 2 heterocycles. The SMILES string of the molecule is C=C1CC2CCC(C1)N2[B]C=O. The van der Waals surface area contributed by atoms with Gasteiger partial charge < -0.3 is 9.61 Å². The molecule has 0 N–H and O–H groups in total. The predicted molar refractivity (Wildman–Crippen MR) is 49.5 cm³/mol. The quantitative estimate of drug-likeness (QED) is 0.342. The van der Waals surface area contributed by atoms with E-state index in [0.717, 1.165) is 19.0 Å². The minimum absolute atomic E-state index is 0.571. The van der Waals surface area contributed by atoms with Crippen molar-refractivity contribution < 1.29 is 4.79 Å². The van der Waals surface area contributed by atoms with Crippen molar-refractivity contribution in [2.45, 2.75) is 37.8 Å². The number of hydrogen-bond acceptors (Lipinski definition) is 2. The number of carbonyl (C=O) groups excluding carboxylic acids is 1. The molecule has 0 aliphatic carbocycles. The maximum atomic E-state index is 10.4. The minimum atomic E-state index is 0.571. The molecule has 2 saturated heterocycles. The summed E-state index contributed by atoms with van der Waals surface area (Å²) in [4.78, 5) is 12.6. The molecule has 0 aromatic heterocycles. The molecular weight excluding hydrogens is 149 g/mol. The summed E-state index contributed by atoms with van der Waals surface area (Å²) in [5.41, 5.74) is 1.36.